The summed E-state index contributed by atoms with van der Waals surface area (Å²) in [5.74, 6) is -0.682. The van der Waals surface area contributed by atoms with E-state index < -0.39 is 5.91 Å². The van der Waals surface area contributed by atoms with Gasteiger partial charge in [0.25, 0.3) is 5.91 Å². The predicted octanol–water partition coefficient (Wildman–Crippen LogP) is 4.53. The average molecular weight is 436 g/mol. The first-order valence-electron chi connectivity index (χ1n) is 10.2. The number of rotatable bonds is 6. The van der Waals surface area contributed by atoms with E-state index in [4.69, 9.17) is 0 Å². The molecule has 0 fully saturated rings. The third-order valence-electron chi connectivity index (χ3n) is 4.98. The summed E-state index contributed by atoms with van der Waals surface area (Å²) in [4.78, 5) is 25.2. The third kappa shape index (κ3) is 5.09. The molecule has 3 N–H and O–H groups in total. The van der Waals surface area contributed by atoms with E-state index in [1.807, 2.05) is 60.7 Å². The van der Waals surface area contributed by atoms with Crippen molar-refractivity contribution in [3.8, 4) is 11.8 Å². The molecular formula is C26H20N4O3. The molecule has 0 saturated heterocycles. The number of amides is 2. The van der Waals surface area contributed by atoms with E-state index in [1.165, 1.54) is 18.2 Å². The predicted molar refractivity (Wildman–Crippen MR) is 127 cm³/mol. The second-order valence-corrected chi connectivity index (χ2v) is 7.31. The van der Waals surface area contributed by atoms with E-state index in [2.05, 4.69) is 10.6 Å². The molecule has 0 atom stereocenters. The van der Waals surface area contributed by atoms with E-state index in [0.29, 0.717) is 16.9 Å². The number of aromatic hydroxyl groups is 1. The SMILES string of the molecule is N#C/C(=C/c1cn(CC(=O)Nc2ccccc2)c2ccccc12)C(=O)Nc1ccc(O)cc1. The molecule has 4 aromatic rings. The number of carbonyl (C=O) groups excluding carboxylic acids is 2. The Morgan fingerprint density at radius 3 is 2.30 bits per heavy atom. The Bertz CT molecular complexity index is 1380. The fourth-order valence-electron chi connectivity index (χ4n) is 3.45. The zero-order chi connectivity index (χ0) is 23.2. The molecule has 7 heteroatoms. The van der Waals surface area contributed by atoms with Gasteiger partial charge in [-0.05, 0) is 48.5 Å². The van der Waals surface area contributed by atoms with Crippen molar-refractivity contribution in [3.63, 3.8) is 0 Å². The van der Waals surface area contributed by atoms with Crippen LogP contribution in [0.3, 0.4) is 0 Å². The number of aromatic nitrogens is 1. The molecule has 0 saturated carbocycles. The molecule has 0 spiro atoms. The van der Waals surface area contributed by atoms with Crippen molar-refractivity contribution in [1.82, 2.24) is 4.57 Å². The molecule has 33 heavy (non-hydrogen) atoms. The summed E-state index contributed by atoms with van der Waals surface area (Å²) in [5.41, 5.74) is 2.54. The number of hydrogen-bond acceptors (Lipinski definition) is 4. The van der Waals surface area contributed by atoms with Crippen LogP contribution in [0.25, 0.3) is 17.0 Å². The maximum absolute atomic E-state index is 12.6. The molecule has 3 aromatic carbocycles. The lowest BCUT2D eigenvalue weighted by Gasteiger charge is -2.07. The van der Waals surface area contributed by atoms with Gasteiger partial charge in [0.15, 0.2) is 0 Å². The first-order chi connectivity index (χ1) is 16.0. The van der Waals surface area contributed by atoms with Crippen LogP contribution in [0.5, 0.6) is 5.75 Å². The number of nitriles is 1. The number of phenolic OH excluding ortho intramolecular Hbond substituents is 1. The Balaban J connectivity index is 1.60. The number of nitrogens with one attached hydrogen (secondary N) is 2. The Morgan fingerprint density at radius 1 is 0.909 bits per heavy atom. The summed E-state index contributed by atoms with van der Waals surface area (Å²) in [6.45, 7) is 0.0742. The number of nitrogens with zero attached hydrogens (tertiary/aromatic N) is 2. The summed E-state index contributed by atoms with van der Waals surface area (Å²) in [6, 6.07) is 24.6. The standard InChI is InChI=1S/C26H20N4O3/c27-15-18(26(33)29-21-10-12-22(31)13-11-21)14-19-16-30(24-9-5-4-8-23(19)24)17-25(32)28-20-6-2-1-3-7-20/h1-14,16,31H,17H2,(H,28,32)(H,29,33)/b18-14-. The van der Waals surface area contributed by atoms with Crippen molar-refractivity contribution in [3.05, 3.63) is 96.2 Å². The van der Waals surface area contributed by atoms with Crippen LogP contribution >= 0.6 is 0 Å². The van der Waals surface area contributed by atoms with E-state index in [9.17, 15) is 20.0 Å². The number of benzene rings is 3. The zero-order valence-electron chi connectivity index (χ0n) is 17.5. The molecule has 0 unspecified atom stereocenters. The summed E-state index contributed by atoms with van der Waals surface area (Å²) < 4.78 is 1.78. The first kappa shape index (κ1) is 21.4. The van der Waals surface area contributed by atoms with Crippen LogP contribution < -0.4 is 10.6 Å². The lowest BCUT2D eigenvalue weighted by molar-refractivity contribution is -0.116. The molecule has 0 aliphatic carbocycles. The number of hydrogen-bond donors (Lipinski definition) is 3. The first-order valence-corrected chi connectivity index (χ1v) is 10.2. The zero-order valence-corrected chi connectivity index (χ0v) is 17.5. The highest BCUT2D eigenvalue weighted by Crippen LogP contribution is 2.24. The highest BCUT2D eigenvalue weighted by molar-refractivity contribution is 6.10. The van der Waals surface area contributed by atoms with Crippen LogP contribution in [-0.2, 0) is 16.1 Å². The van der Waals surface area contributed by atoms with Crippen LogP contribution in [0.15, 0.2) is 90.6 Å². The monoisotopic (exact) mass is 436 g/mol. The van der Waals surface area contributed by atoms with Gasteiger partial charge in [-0.25, -0.2) is 0 Å². The second kappa shape index (κ2) is 9.54. The highest BCUT2D eigenvalue weighted by Gasteiger charge is 2.14. The number of anilines is 2. The van der Waals surface area contributed by atoms with Crippen molar-refractivity contribution in [2.24, 2.45) is 0 Å². The summed E-state index contributed by atoms with van der Waals surface area (Å²) in [5, 5.41) is 25.3. The minimum absolute atomic E-state index is 0.0742. The van der Waals surface area contributed by atoms with Crippen LogP contribution in [0.4, 0.5) is 11.4 Å². The topological polar surface area (TPSA) is 107 Å². The fourth-order valence-corrected chi connectivity index (χ4v) is 3.45. The van der Waals surface area contributed by atoms with Crippen LogP contribution in [0, 0.1) is 11.3 Å². The minimum atomic E-state index is -0.568. The molecule has 1 heterocycles. The van der Waals surface area contributed by atoms with Crippen molar-refractivity contribution >= 4 is 40.2 Å². The van der Waals surface area contributed by atoms with Crippen molar-refractivity contribution in [2.75, 3.05) is 10.6 Å². The third-order valence-corrected chi connectivity index (χ3v) is 4.98. The second-order valence-electron chi connectivity index (χ2n) is 7.31. The molecular weight excluding hydrogens is 416 g/mol. The average Bonchev–Trinajstić information content (AvgIpc) is 3.16. The Kier molecular flexibility index (Phi) is 6.19. The molecule has 1 aromatic heterocycles. The number of phenols is 1. The fraction of sp³-hybridized carbons (Fsp3) is 0.0385. The highest BCUT2D eigenvalue weighted by atomic mass is 16.3. The molecule has 0 radical (unpaired) electrons. The van der Waals surface area contributed by atoms with Crippen molar-refractivity contribution in [1.29, 1.82) is 5.26 Å². The van der Waals surface area contributed by atoms with Gasteiger partial charge < -0.3 is 20.3 Å². The summed E-state index contributed by atoms with van der Waals surface area (Å²) in [6.07, 6.45) is 3.25. The molecule has 0 bridgehead atoms. The van der Waals surface area contributed by atoms with Gasteiger partial charge in [-0.1, -0.05) is 36.4 Å². The molecule has 7 nitrogen and oxygen atoms in total. The van der Waals surface area contributed by atoms with Gasteiger partial charge in [-0.2, -0.15) is 5.26 Å². The number of carbonyl (C=O) groups is 2. The van der Waals surface area contributed by atoms with Gasteiger partial charge in [-0.15, -0.1) is 0 Å². The van der Waals surface area contributed by atoms with E-state index in [0.717, 1.165) is 10.9 Å². The van der Waals surface area contributed by atoms with Crippen LogP contribution in [0.2, 0.25) is 0 Å². The maximum Gasteiger partial charge on any atom is 0.266 e. The van der Waals surface area contributed by atoms with Gasteiger partial charge in [0.1, 0.15) is 23.9 Å². The Hall–Kier alpha value is -4.83. The lowest BCUT2D eigenvalue weighted by atomic mass is 10.1. The van der Waals surface area contributed by atoms with Gasteiger partial charge in [-0.3, -0.25) is 9.59 Å². The van der Waals surface area contributed by atoms with Gasteiger partial charge in [0.05, 0.1) is 0 Å². The number of para-hydroxylation sites is 2. The molecule has 2 amide bonds. The summed E-state index contributed by atoms with van der Waals surface area (Å²) >= 11 is 0. The van der Waals surface area contributed by atoms with Gasteiger partial charge >= 0.3 is 0 Å². The number of fused-ring (bicyclic) bond motifs is 1. The van der Waals surface area contributed by atoms with E-state index in [1.54, 1.807) is 22.9 Å². The van der Waals surface area contributed by atoms with Crippen LogP contribution in [-0.4, -0.2) is 21.5 Å². The quantitative estimate of drug-likeness (QED) is 0.234. The molecule has 0 aliphatic rings. The maximum atomic E-state index is 12.6. The van der Waals surface area contributed by atoms with E-state index >= 15 is 0 Å². The van der Waals surface area contributed by atoms with Gasteiger partial charge in [0.2, 0.25) is 5.91 Å². The molecule has 4 rings (SSSR count). The van der Waals surface area contributed by atoms with Crippen LogP contribution in [0.1, 0.15) is 5.56 Å². The normalized spacial score (nSPS) is 11.1. The Morgan fingerprint density at radius 2 is 1.58 bits per heavy atom. The lowest BCUT2D eigenvalue weighted by Crippen LogP contribution is -2.18. The smallest absolute Gasteiger partial charge is 0.266 e. The van der Waals surface area contributed by atoms with Gasteiger partial charge in [0, 0.05) is 34.0 Å². The summed E-state index contributed by atoms with van der Waals surface area (Å²) in [7, 11) is 0. The van der Waals surface area contributed by atoms with E-state index in [-0.39, 0.29) is 23.8 Å². The van der Waals surface area contributed by atoms with Crippen molar-refractivity contribution in [2.45, 2.75) is 6.54 Å². The minimum Gasteiger partial charge on any atom is -0.508 e. The largest absolute Gasteiger partial charge is 0.508 e. The molecule has 0 aliphatic heterocycles. The Labute approximate surface area is 190 Å². The molecule has 162 valence electrons. The van der Waals surface area contributed by atoms with Crippen molar-refractivity contribution < 1.29 is 14.7 Å².